The number of methoxy groups -OCH3 is 1. The van der Waals surface area contributed by atoms with Crippen molar-refractivity contribution >= 4 is 10.0 Å². The molecule has 0 radical (unpaired) electrons. The quantitative estimate of drug-likeness (QED) is 0.786. The second kappa shape index (κ2) is 6.95. The van der Waals surface area contributed by atoms with Crippen LogP contribution < -0.4 is 4.72 Å². The first-order valence-electron chi connectivity index (χ1n) is 5.81. The Morgan fingerprint density at radius 2 is 2.16 bits per heavy atom. The Bertz CT molecular complexity index is 518. The van der Waals surface area contributed by atoms with E-state index in [4.69, 9.17) is 9.84 Å². The smallest absolute Gasteiger partial charge is 0.243 e. The molecule has 0 saturated carbocycles. The number of nitrogens with one attached hydrogen (secondary N) is 1. The third-order valence-corrected chi connectivity index (χ3v) is 4.18. The van der Waals surface area contributed by atoms with Gasteiger partial charge >= 0.3 is 0 Å². The molecule has 5 nitrogen and oxygen atoms in total. The zero-order chi connectivity index (χ0) is 14.5. The largest absolute Gasteiger partial charge is 0.392 e. The number of hydrogen-bond acceptors (Lipinski definition) is 4. The van der Waals surface area contributed by atoms with E-state index in [0.29, 0.717) is 18.6 Å². The molecule has 0 heterocycles. The average molecular weight is 291 g/mol. The van der Waals surface area contributed by atoms with Gasteiger partial charge in [-0.3, -0.25) is 0 Å². The zero-order valence-corrected chi connectivity index (χ0v) is 11.7. The summed E-state index contributed by atoms with van der Waals surface area (Å²) in [7, 11) is -2.43. The van der Waals surface area contributed by atoms with E-state index in [9.17, 15) is 12.8 Å². The van der Waals surface area contributed by atoms with Crippen LogP contribution in [0.1, 0.15) is 18.9 Å². The number of sulfonamides is 1. The number of hydrogen-bond donors (Lipinski definition) is 2. The molecule has 0 saturated heterocycles. The van der Waals surface area contributed by atoms with E-state index in [-0.39, 0.29) is 12.6 Å². The van der Waals surface area contributed by atoms with Gasteiger partial charge in [0.2, 0.25) is 10.0 Å². The topological polar surface area (TPSA) is 75.6 Å². The van der Waals surface area contributed by atoms with Gasteiger partial charge in [0.15, 0.2) is 0 Å². The summed E-state index contributed by atoms with van der Waals surface area (Å²) in [6, 6.07) is 3.12. The van der Waals surface area contributed by atoms with Crippen LogP contribution in [0.4, 0.5) is 4.39 Å². The van der Waals surface area contributed by atoms with Crippen LogP contribution >= 0.6 is 0 Å². The third-order valence-electron chi connectivity index (χ3n) is 2.58. The molecule has 1 atom stereocenters. The molecule has 19 heavy (non-hydrogen) atoms. The Morgan fingerprint density at radius 3 is 2.74 bits per heavy atom. The summed E-state index contributed by atoms with van der Waals surface area (Å²) in [5.74, 6) is -0.844. The van der Waals surface area contributed by atoms with Crippen LogP contribution in [0.3, 0.4) is 0 Å². The summed E-state index contributed by atoms with van der Waals surface area (Å²) in [6.07, 6.45) is 0.483. The summed E-state index contributed by atoms with van der Waals surface area (Å²) in [6.45, 7) is 1.73. The predicted octanol–water partition coefficient (Wildman–Crippen LogP) is 1.02. The molecule has 1 aromatic rings. The van der Waals surface area contributed by atoms with E-state index in [1.807, 2.05) is 0 Å². The summed E-state index contributed by atoms with van der Waals surface area (Å²) in [5.41, 5.74) is 0.339. The van der Waals surface area contributed by atoms with Crippen molar-refractivity contribution < 1.29 is 22.7 Å². The first-order valence-corrected chi connectivity index (χ1v) is 7.29. The molecule has 7 heteroatoms. The van der Waals surface area contributed by atoms with E-state index in [1.54, 1.807) is 6.92 Å². The van der Waals surface area contributed by atoms with E-state index in [2.05, 4.69) is 4.72 Å². The summed E-state index contributed by atoms with van der Waals surface area (Å²) < 4.78 is 44.8. The summed E-state index contributed by atoms with van der Waals surface area (Å²) >= 11 is 0. The molecule has 2 N–H and O–H groups in total. The first-order chi connectivity index (χ1) is 8.90. The lowest BCUT2D eigenvalue weighted by Gasteiger charge is -2.14. The Balaban J connectivity index is 2.93. The lowest BCUT2D eigenvalue weighted by atomic mass is 10.2. The maximum absolute atomic E-state index is 13.6. The van der Waals surface area contributed by atoms with Crippen molar-refractivity contribution in [2.24, 2.45) is 0 Å². The minimum Gasteiger partial charge on any atom is -0.392 e. The second-order valence-electron chi connectivity index (χ2n) is 4.23. The Hall–Kier alpha value is -1.02. The molecule has 0 aliphatic carbocycles. The van der Waals surface area contributed by atoms with Gasteiger partial charge < -0.3 is 9.84 Å². The van der Waals surface area contributed by atoms with Gasteiger partial charge in [-0.25, -0.2) is 17.5 Å². The molecular weight excluding hydrogens is 273 g/mol. The molecule has 108 valence electrons. The van der Waals surface area contributed by atoms with Crippen molar-refractivity contribution in [3.63, 3.8) is 0 Å². The van der Waals surface area contributed by atoms with Gasteiger partial charge in [0.1, 0.15) is 10.7 Å². The van der Waals surface area contributed by atoms with Gasteiger partial charge in [-0.05, 0) is 31.0 Å². The number of aliphatic hydroxyl groups is 1. The number of benzene rings is 1. The maximum Gasteiger partial charge on any atom is 0.243 e. The molecule has 0 aliphatic heterocycles. The predicted molar refractivity (Wildman–Crippen MR) is 68.6 cm³/mol. The van der Waals surface area contributed by atoms with E-state index >= 15 is 0 Å². The van der Waals surface area contributed by atoms with Crippen molar-refractivity contribution in [1.82, 2.24) is 4.72 Å². The standard InChI is InChI=1S/C12H18FNO4S/c1-9(5-6-18-2)14-19(16,17)12-7-10(8-15)3-4-11(12)13/h3-4,7,9,14-15H,5-6,8H2,1-2H3. The highest BCUT2D eigenvalue weighted by Crippen LogP contribution is 2.17. The average Bonchev–Trinajstić information content (AvgIpc) is 2.36. The van der Waals surface area contributed by atoms with Crippen molar-refractivity contribution in [2.75, 3.05) is 13.7 Å². The fourth-order valence-corrected chi connectivity index (χ4v) is 2.94. The van der Waals surface area contributed by atoms with Crippen LogP contribution in [0.5, 0.6) is 0 Å². The molecule has 0 aromatic heterocycles. The summed E-state index contributed by atoms with van der Waals surface area (Å²) in [4.78, 5) is -0.455. The van der Waals surface area contributed by atoms with Gasteiger partial charge in [-0.2, -0.15) is 0 Å². The third kappa shape index (κ3) is 4.54. The Morgan fingerprint density at radius 1 is 1.47 bits per heavy atom. The van der Waals surface area contributed by atoms with Gasteiger partial charge in [0, 0.05) is 19.8 Å². The van der Waals surface area contributed by atoms with Gasteiger partial charge in [0.05, 0.1) is 6.61 Å². The van der Waals surface area contributed by atoms with E-state index < -0.39 is 20.7 Å². The molecule has 1 aromatic carbocycles. The Kier molecular flexibility index (Phi) is 5.86. The van der Waals surface area contributed by atoms with Crippen LogP contribution in [0.15, 0.2) is 23.1 Å². The Labute approximate surface area is 112 Å². The van der Waals surface area contributed by atoms with Crippen molar-refractivity contribution in [3.05, 3.63) is 29.6 Å². The molecule has 0 fully saturated rings. The minimum absolute atomic E-state index is 0.339. The second-order valence-corrected chi connectivity index (χ2v) is 5.91. The van der Waals surface area contributed by atoms with Crippen LogP contribution in [0.2, 0.25) is 0 Å². The molecular formula is C12H18FNO4S. The van der Waals surface area contributed by atoms with Gasteiger partial charge in [-0.1, -0.05) is 6.07 Å². The minimum atomic E-state index is -3.94. The van der Waals surface area contributed by atoms with Crippen LogP contribution in [-0.4, -0.2) is 33.3 Å². The molecule has 1 rings (SSSR count). The number of ether oxygens (including phenoxy) is 1. The highest BCUT2D eigenvalue weighted by Gasteiger charge is 2.21. The van der Waals surface area contributed by atoms with Crippen LogP contribution in [-0.2, 0) is 21.4 Å². The van der Waals surface area contributed by atoms with E-state index in [1.165, 1.54) is 13.2 Å². The normalized spacial score (nSPS) is 13.5. The van der Waals surface area contributed by atoms with Crippen LogP contribution in [0, 0.1) is 5.82 Å². The molecule has 0 amide bonds. The number of rotatable bonds is 7. The zero-order valence-electron chi connectivity index (χ0n) is 10.9. The van der Waals surface area contributed by atoms with Gasteiger partial charge in [-0.15, -0.1) is 0 Å². The molecule has 1 unspecified atom stereocenters. The fourth-order valence-electron chi connectivity index (χ4n) is 1.53. The first kappa shape index (κ1) is 16.0. The molecule has 0 aliphatic rings. The van der Waals surface area contributed by atoms with Crippen molar-refractivity contribution in [2.45, 2.75) is 30.9 Å². The fraction of sp³-hybridized carbons (Fsp3) is 0.500. The van der Waals surface area contributed by atoms with Crippen molar-refractivity contribution in [3.8, 4) is 0 Å². The number of aliphatic hydroxyl groups excluding tert-OH is 1. The molecule has 0 spiro atoms. The van der Waals surface area contributed by atoms with Gasteiger partial charge in [0.25, 0.3) is 0 Å². The van der Waals surface area contributed by atoms with Crippen LogP contribution in [0.25, 0.3) is 0 Å². The number of halogens is 1. The lowest BCUT2D eigenvalue weighted by Crippen LogP contribution is -2.34. The van der Waals surface area contributed by atoms with E-state index in [0.717, 1.165) is 12.1 Å². The monoisotopic (exact) mass is 291 g/mol. The van der Waals surface area contributed by atoms with Crippen molar-refractivity contribution in [1.29, 1.82) is 0 Å². The maximum atomic E-state index is 13.6. The highest BCUT2D eigenvalue weighted by molar-refractivity contribution is 7.89. The summed E-state index contributed by atoms with van der Waals surface area (Å²) in [5, 5.41) is 8.96. The lowest BCUT2D eigenvalue weighted by molar-refractivity contribution is 0.188. The SMILES string of the molecule is COCCC(C)NS(=O)(=O)c1cc(CO)ccc1F. The molecule has 0 bridgehead atoms. The highest BCUT2D eigenvalue weighted by atomic mass is 32.2.